The van der Waals surface area contributed by atoms with Crippen molar-refractivity contribution in [2.45, 2.75) is 38.0 Å². The van der Waals surface area contributed by atoms with Gasteiger partial charge >= 0.3 is 0 Å². The summed E-state index contributed by atoms with van der Waals surface area (Å²) in [5.74, 6) is -2.98. The van der Waals surface area contributed by atoms with E-state index in [1.807, 2.05) is 0 Å². The lowest BCUT2D eigenvalue weighted by molar-refractivity contribution is 0.315. The molecular weight excluding hydrogens is 288 g/mol. The molecule has 6 nitrogen and oxygen atoms in total. The second kappa shape index (κ2) is 5.84. The number of hydrogen-bond acceptors (Lipinski definition) is 4. The Morgan fingerprint density at radius 2 is 2.43 bits per heavy atom. The van der Waals surface area contributed by atoms with E-state index in [0.29, 0.717) is 27.0 Å². The summed E-state index contributed by atoms with van der Waals surface area (Å²) in [6.07, 6.45) is -3.74. The summed E-state index contributed by atoms with van der Waals surface area (Å²) in [7, 11) is 0. The maximum Gasteiger partial charge on any atom is 0.141 e. The molecule has 0 saturated heterocycles. The lowest BCUT2D eigenvalue weighted by Crippen LogP contribution is -2.17. The molecule has 0 spiro atoms. The van der Waals surface area contributed by atoms with Crippen LogP contribution in [0, 0.1) is 17.2 Å². The van der Waals surface area contributed by atoms with Crippen LogP contribution >= 0.6 is 0 Å². The van der Waals surface area contributed by atoms with Gasteiger partial charge in [0.15, 0.2) is 0 Å². The summed E-state index contributed by atoms with van der Waals surface area (Å²) >= 11 is 0. The lowest BCUT2D eigenvalue weighted by atomic mass is 9.96. The van der Waals surface area contributed by atoms with Gasteiger partial charge in [0.2, 0.25) is 0 Å². The maximum absolute atomic E-state index is 9.50. The zero-order valence-corrected chi connectivity index (χ0v) is 12.0. The van der Waals surface area contributed by atoms with Gasteiger partial charge in [-0.15, -0.1) is 0 Å². The van der Waals surface area contributed by atoms with Crippen LogP contribution in [0.5, 0.6) is 0 Å². The standard InChI is InChI=1S/C17H18N6/c18-7-5-15(12-3-1-2-4-12)23-10-13(9-22-23)16-14-6-8-19-17(14)21-11-20-16/h6,8-12,15H,1-5H2,(H,19,20,21)/t15-/m0/s1/i3D2,4D2,5D2,12D,15D. The highest BCUT2D eigenvalue weighted by Gasteiger charge is 2.27. The molecule has 1 saturated carbocycles. The summed E-state index contributed by atoms with van der Waals surface area (Å²) in [4.78, 5) is 11.2. The number of aromatic amines is 1. The van der Waals surface area contributed by atoms with Crippen molar-refractivity contribution in [3.8, 4) is 17.3 Å². The van der Waals surface area contributed by atoms with Crippen LogP contribution in [0.4, 0.5) is 0 Å². The van der Waals surface area contributed by atoms with Crippen molar-refractivity contribution in [2.24, 2.45) is 5.89 Å². The quantitative estimate of drug-likeness (QED) is 0.799. The Labute approximate surface area is 145 Å². The molecule has 3 aromatic rings. The molecule has 6 heteroatoms. The predicted octanol–water partition coefficient (Wildman–Crippen LogP) is 3.47. The Kier molecular flexibility index (Phi) is 1.96. The first-order chi connectivity index (χ1) is 14.3. The molecule has 0 unspecified atom stereocenters. The maximum atomic E-state index is 9.50. The summed E-state index contributed by atoms with van der Waals surface area (Å²) in [5, 5.41) is 14.1. The van der Waals surface area contributed by atoms with Crippen molar-refractivity contribution >= 4 is 11.0 Å². The summed E-state index contributed by atoms with van der Waals surface area (Å²) in [6, 6.07) is -0.00814. The van der Waals surface area contributed by atoms with Crippen molar-refractivity contribution in [1.29, 1.82) is 5.26 Å². The van der Waals surface area contributed by atoms with Crippen LogP contribution in [-0.2, 0) is 0 Å². The minimum absolute atomic E-state index is 0.320. The number of rotatable bonds is 4. The van der Waals surface area contributed by atoms with Gasteiger partial charge in [0, 0.05) is 32.9 Å². The Bertz CT molecular complexity index is 1180. The van der Waals surface area contributed by atoms with E-state index < -0.39 is 43.9 Å². The van der Waals surface area contributed by atoms with Gasteiger partial charge in [-0.2, -0.15) is 10.4 Å². The highest BCUT2D eigenvalue weighted by atomic mass is 15.3. The van der Waals surface area contributed by atoms with Crippen molar-refractivity contribution in [2.75, 3.05) is 0 Å². The Morgan fingerprint density at radius 1 is 1.57 bits per heavy atom. The van der Waals surface area contributed by atoms with Gasteiger partial charge in [-0.25, -0.2) is 9.97 Å². The molecule has 0 bridgehead atoms. The zero-order chi connectivity index (χ0) is 22.9. The first-order valence-corrected chi connectivity index (χ1v) is 7.07. The smallest absolute Gasteiger partial charge is 0.141 e. The van der Waals surface area contributed by atoms with Gasteiger partial charge in [-0.05, 0) is 24.7 Å². The monoisotopic (exact) mass is 314 g/mol. The lowest BCUT2D eigenvalue weighted by Gasteiger charge is -2.21. The highest BCUT2D eigenvalue weighted by Crippen LogP contribution is 2.36. The van der Waals surface area contributed by atoms with Crippen LogP contribution in [0.25, 0.3) is 22.3 Å². The average molecular weight is 314 g/mol. The van der Waals surface area contributed by atoms with E-state index in [-0.39, 0.29) is 0 Å². The minimum Gasteiger partial charge on any atom is -0.346 e. The van der Waals surface area contributed by atoms with Crippen LogP contribution in [0.1, 0.15) is 48.9 Å². The van der Waals surface area contributed by atoms with Gasteiger partial charge in [0.1, 0.15) is 12.0 Å². The fourth-order valence-electron chi connectivity index (χ4n) is 2.56. The highest BCUT2D eigenvalue weighted by molar-refractivity contribution is 5.89. The number of fused-ring (bicyclic) bond motifs is 1. The molecule has 1 aliphatic rings. The summed E-state index contributed by atoms with van der Waals surface area (Å²) in [5.41, 5.74) is 1.25. The Balaban J connectivity index is 1.96. The van der Waals surface area contributed by atoms with E-state index in [9.17, 15) is 5.26 Å². The molecule has 0 amide bonds. The van der Waals surface area contributed by atoms with Crippen molar-refractivity contribution in [1.82, 2.24) is 24.7 Å². The number of H-pyrrole nitrogens is 1. The minimum atomic E-state index is -3.15. The Morgan fingerprint density at radius 3 is 3.26 bits per heavy atom. The van der Waals surface area contributed by atoms with E-state index >= 15 is 0 Å². The van der Waals surface area contributed by atoms with E-state index in [0.717, 1.165) is 0 Å². The first kappa shape index (κ1) is 7.73. The zero-order valence-electron chi connectivity index (χ0n) is 20.0. The number of nitrogens with zero attached hydrogens (tertiary/aromatic N) is 5. The molecule has 116 valence electrons. The summed E-state index contributed by atoms with van der Waals surface area (Å²) in [6.45, 7) is 0. The molecule has 4 rings (SSSR count). The number of nitriles is 1. The molecule has 1 fully saturated rings. The molecule has 0 aliphatic heterocycles. The molecule has 1 atom stereocenters. The van der Waals surface area contributed by atoms with Gasteiger partial charge in [-0.3, -0.25) is 4.68 Å². The first-order valence-electron chi connectivity index (χ1n) is 11.1. The molecule has 3 heterocycles. The normalized spacial score (nSPS) is 29.5. The molecule has 23 heavy (non-hydrogen) atoms. The van der Waals surface area contributed by atoms with Crippen LogP contribution in [0.2, 0.25) is 0 Å². The van der Waals surface area contributed by atoms with Crippen molar-refractivity contribution in [3.63, 3.8) is 0 Å². The third-order valence-electron chi connectivity index (χ3n) is 3.58. The van der Waals surface area contributed by atoms with E-state index in [1.54, 1.807) is 12.3 Å². The van der Waals surface area contributed by atoms with Gasteiger partial charge in [0.05, 0.1) is 31.7 Å². The molecule has 3 aromatic heterocycles. The largest absolute Gasteiger partial charge is 0.346 e. The van der Waals surface area contributed by atoms with Gasteiger partial charge in [-0.1, -0.05) is 12.8 Å². The van der Waals surface area contributed by atoms with Gasteiger partial charge in [0.25, 0.3) is 0 Å². The van der Waals surface area contributed by atoms with Crippen molar-refractivity contribution in [3.05, 3.63) is 31.0 Å². The third kappa shape index (κ3) is 2.48. The second-order valence-corrected chi connectivity index (χ2v) is 4.95. The van der Waals surface area contributed by atoms with Crippen LogP contribution in [0.3, 0.4) is 0 Å². The topological polar surface area (TPSA) is 83.2 Å². The number of nitrogens with one attached hydrogen (secondary N) is 1. The number of aromatic nitrogens is 5. The SMILES string of the molecule is [2H]C1([2H])CCC([2H])([2H])C1([2H])[C@@]([2H])(n1cc(-c2ncnc3[nH]ccc23)cn1)C([2H])([2H])C#N. The van der Waals surface area contributed by atoms with Crippen LogP contribution in [-0.4, -0.2) is 24.7 Å². The van der Waals surface area contributed by atoms with Crippen LogP contribution in [0.15, 0.2) is 31.0 Å². The van der Waals surface area contributed by atoms with E-state index in [1.165, 1.54) is 24.8 Å². The molecular formula is C17H18N6. The average Bonchev–Trinajstić information content (AvgIpc) is 3.43. The number of hydrogen-bond donors (Lipinski definition) is 1. The Hall–Kier alpha value is -2.68. The molecule has 1 aliphatic carbocycles. The van der Waals surface area contributed by atoms with Crippen LogP contribution < -0.4 is 0 Å². The fraction of sp³-hybridized carbons (Fsp3) is 0.412. The van der Waals surface area contributed by atoms with E-state index in [4.69, 9.17) is 11.0 Å². The third-order valence-corrected chi connectivity index (χ3v) is 3.58. The molecule has 0 radical (unpaired) electrons. The molecule has 1 N–H and O–H groups in total. The second-order valence-electron chi connectivity index (χ2n) is 4.95. The fourth-order valence-corrected chi connectivity index (χ4v) is 2.56. The predicted molar refractivity (Wildman–Crippen MR) is 86.3 cm³/mol. The van der Waals surface area contributed by atoms with E-state index in [2.05, 4.69) is 20.1 Å². The van der Waals surface area contributed by atoms with Crippen molar-refractivity contribution < 1.29 is 11.0 Å². The molecule has 0 aromatic carbocycles. The summed E-state index contributed by atoms with van der Waals surface area (Å²) < 4.78 is 68.1. The van der Waals surface area contributed by atoms with Gasteiger partial charge < -0.3 is 4.98 Å².